The second-order valence-electron chi connectivity index (χ2n) is 6.43. The maximum Gasteiger partial charge on any atom is 0.261 e. The first-order valence-electron chi connectivity index (χ1n) is 8.96. The van der Waals surface area contributed by atoms with E-state index in [9.17, 15) is 14.4 Å². The van der Waals surface area contributed by atoms with Crippen LogP contribution in [0.1, 0.15) is 20.7 Å². The number of thioether (sulfide) groups is 1. The summed E-state index contributed by atoms with van der Waals surface area (Å²) >= 11 is 1.40. The Hall–Kier alpha value is -3.12. The fourth-order valence-corrected chi connectivity index (χ4v) is 4.00. The minimum atomic E-state index is -0.263. The molecule has 140 valence electrons. The van der Waals surface area contributed by atoms with Crippen LogP contribution in [-0.2, 0) is 4.79 Å². The van der Waals surface area contributed by atoms with Crippen molar-refractivity contribution in [2.24, 2.45) is 0 Å². The van der Waals surface area contributed by atoms with Crippen LogP contribution < -0.4 is 5.32 Å². The summed E-state index contributed by atoms with van der Waals surface area (Å²) in [5.41, 5.74) is 1.68. The summed E-state index contributed by atoms with van der Waals surface area (Å²) in [6.45, 7) is 0.290. The second kappa shape index (κ2) is 7.86. The van der Waals surface area contributed by atoms with Gasteiger partial charge in [0.25, 0.3) is 11.8 Å². The molecule has 28 heavy (non-hydrogen) atoms. The van der Waals surface area contributed by atoms with Crippen LogP contribution in [0.5, 0.6) is 0 Å². The highest BCUT2D eigenvalue weighted by Crippen LogP contribution is 2.24. The van der Waals surface area contributed by atoms with Gasteiger partial charge in [-0.25, -0.2) is 0 Å². The molecule has 0 saturated heterocycles. The molecular weight excluding hydrogens is 372 g/mol. The molecule has 1 heterocycles. The lowest BCUT2D eigenvalue weighted by Crippen LogP contribution is -2.32. The second-order valence-corrected chi connectivity index (χ2v) is 7.54. The van der Waals surface area contributed by atoms with Gasteiger partial charge in [0.1, 0.15) is 0 Å². The molecule has 0 radical (unpaired) electrons. The number of hydrogen-bond acceptors (Lipinski definition) is 4. The van der Waals surface area contributed by atoms with E-state index in [0.29, 0.717) is 23.4 Å². The molecule has 1 aliphatic heterocycles. The lowest BCUT2D eigenvalue weighted by Gasteiger charge is -2.13. The molecule has 0 aromatic heterocycles. The van der Waals surface area contributed by atoms with Crippen molar-refractivity contribution in [1.29, 1.82) is 0 Å². The number of hydrogen-bond donors (Lipinski definition) is 1. The molecule has 1 N–H and O–H groups in total. The maximum atomic E-state index is 12.3. The summed E-state index contributed by atoms with van der Waals surface area (Å²) in [5.74, 6) is 0.132. The molecule has 6 heteroatoms. The SMILES string of the molecule is O=C(CSCCN1C(=O)c2ccccc2C1=O)Nc1cccc2ccccc12. The zero-order valence-corrected chi connectivity index (χ0v) is 15.9. The average Bonchev–Trinajstić information content (AvgIpc) is 2.96. The predicted octanol–water partition coefficient (Wildman–Crippen LogP) is 3.81. The number of imide groups is 1. The van der Waals surface area contributed by atoms with Crippen LogP contribution in [-0.4, -0.2) is 40.7 Å². The van der Waals surface area contributed by atoms with Crippen LogP contribution in [0.25, 0.3) is 10.8 Å². The number of anilines is 1. The lowest BCUT2D eigenvalue weighted by molar-refractivity contribution is -0.113. The van der Waals surface area contributed by atoms with Gasteiger partial charge in [-0.1, -0.05) is 48.5 Å². The lowest BCUT2D eigenvalue weighted by atomic mass is 10.1. The van der Waals surface area contributed by atoms with Gasteiger partial charge in [-0.05, 0) is 23.6 Å². The third-order valence-electron chi connectivity index (χ3n) is 4.63. The molecule has 3 aromatic carbocycles. The molecule has 0 aliphatic carbocycles. The smallest absolute Gasteiger partial charge is 0.261 e. The maximum absolute atomic E-state index is 12.3. The average molecular weight is 390 g/mol. The number of amides is 3. The minimum Gasteiger partial charge on any atom is -0.325 e. The van der Waals surface area contributed by atoms with E-state index in [0.717, 1.165) is 16.5 Å². The molecule has 0 fully saturated rings. The van der Waals surface area contributed by atoms with Crippen molar-refractivity contribution >= 4 is 45.9 Å². The van der Waals surface area contributed by atoms with Crippen molar-refractivity contribution < 1.29 is 14.4 Å². The summed E-state index contributed by atoms with van der Waals surface area (Å²) in [5, 5.41) is 5.00. The largest absolute Gasteiger partial charge is 0.325 e. The fraction of sp³-hybridized carbons (Fsp3) is 0.136. The van der Waals surface area contributed by atoms with E-state index in [1.807, 2.05) is 42.5 Å². The summed E-state index contributed by atoms with van der Waals surface area (Å²) in [4.78, 5) is 38.2. The van der Waals surface area contributed by atoms with E-state index in [1.54, 1.807) is 24.3 Å². The molecule has 4 rings (SSSR count). The van der Waals surface area contributed by atoms with Gasteiger partial charge in [0.05, 0.1) is 16.9 Å². The Bertz CT molecular complexity index is 1040. The van der Waals surface area contributed by atoms with Crippen LogP contribution >= 0.6 is 11.8 Å². The first kappa shape index (κ1) is 18.3. The predicted molar refractivity (Wildman–Crippen MR) is 112 cm³/mol. The molecule has 0 saturated carbocycles. The van der Waals surface area contributed by atoms with E-state index in [1.165, 1.54) is 16.7 Å². The Morgan fingerprint density at radius 3 is 2.25 bits per heavy atom. The van der Waals surface area contributed by atoms with E-state index >= 15 is 0 Å². The number of benzene rings is 3. The van der Waals surface area contributed by atoms with Crippen molar-refractivity contribution in [2.45, 2.75) is 0 Å². The van der Waals surface area contributed by atoms with Gasteiger partial charge < -0.3 is 5.32 Å². The van der Waals surface area contributed by atoms with E-state index in [-0.39, 0.29) is 23.5 Å². The monoisotopic (exact) mass is 390 g/mol. The minimum absolute atomic E-state index is 0.108. The number of rotatable bonds is 6. The first-order chi connectivity index (χ1) is 13.6. The Kier molecular flexibility index (Phi) is 5.12. The topological polar surface area (TPSA) is 66.5 Å². The molecule has 0 atom stereocenters. The standard InChI is InChI=1S/C22H18N2O3S/c25-20(23-19-11-5-7-15-6-1-2-8-16(15)19)14-28-13-12-24-21(26)17-9-3-4-10-18(17)22(24)27/h1-11H,12-14H2,(H,23,25). The van der Waals surface area contributed by atoms with E-state index in [2.05, 4.69) is 5.32 Å². The van der Waals surface area contributed by atoms with E-state index in [4.69, 9.17) is 0 Å². The molecule has 3 aromatic rings. The quantitative estimate of drug-likeness (QED) is 0.513. The fourth-order valence-electron chi connectivity index (χ4n) is 3.28. The van der Waals surface area contributed by atoms with Crippen LogP contribution in [0.3, 0.4) is 0 Å². The molecule has 0 spiro atoms. The third-order valence-corrected chi connectivity index (χ3v) is 5.57. The van der Waals surface area contributed by atoms with Crippen molar-refractivity contribution in [3.05, 3.63) is 77.9 Å². The summed E-state index contributed by atoms with van der Waals surface area (Å²) in [6.07, 6.45) is 0. The molecule has 1 aliphatic rings. The summed E-state index contributed by atoms with van der Waals surface area (Å²) < 4.78 is 0. The zero-order chi connectivity index (χ0) is 19.5. The van der Waals surface area contributed by atoms with Gasteiger partial charge in [0, 0.05) is 23.4 Å². The van der Waals surface area contributed by atoms with Crippen LogP contribution in [0, 0.1) is 0 Å². The van der Waals surface area contributed by atoms with Crippen molar-refractivity contribution in [3.63, 3.8) is 0 Å². The number of fused-ring (bicyclic) bond motifs is 2. The third kappa shape index (κ3) is 3.51. The Labute approximate surface area is 166 Å². The molecule has 0 unspecified atom stereocenters. The zero-order valence-electron chi connectivity index (χ0n) is 15.1. The number of nitrogens with zero attached hydrogens (tertiary/aromatic N) is 1. The highest BCUT2D eigenvalue weighted by molar-refractivity contribution is 7.99. The molecule has 0 bridgehead atoms. The molecular formula is C22H18N2O3S. The normalized spacial score (nSPS) is 13.1. The van der Waals surface area contributed by atoms with Gasteiger partial charge in [0.2, 0.25) is 5.91 Å². The van der Waals surface area contributed by atoms with Gasteiger partial charge in [-0.15, -0.1) is 0 Å². The Morgan fingerprint density at radius 1 is 0.857 bits per heavy atom. The van der Waals surface area contributed by atoms with Crippen molar-refractivity contribution in [1.82, 2.24) is 4.90 Å². The van der Waals surface area contributed by atoms with Gasteiger partial charge in [0.15, 0.2) is 0 Å². The Morgan fingerprint density at radius 2 is 1.50 bits per heavy atom. The summed E-state index contributed by atoms with van der Waals surface area (Å²) in [6, 6.07) is 20.5. The van der Waals surface area contributed by atoms with E-state index < -0.39 is 0 Å². The first-order valence-corrected chi connectivity index (χ1v) is 10.1. The molecule has 5 nitrogen and oxygen atoms in total. The number of carbonyl (C=O) groups is 3. The summed E-state index contributed by atoms with van der Waals surface area (Å²) in [7, 11) is 0. The van der Waals surface area contributed by atoms with Crippen LogP contribution in [0.15, 0.2) is 66.7 Å². The number of nitrogens with one attached hydrogen (secondary N) is 1. The van der Waals surface area contributed by atoms with Gasteiger partial charge >= 0.3 is 0 Å². The van der Waals surface area contributed by atoms with Gasteiger partial charge in [-0.3, -0.25) is 19.3 Å². The number of carbonyl (C=O) groups excluding carboxylic acids is 3. The highest BCUT2D eigenvalue weighted by atomic mass is 32.2. The van der Waals surface area contributed by atoms with Crippen molar-refractivity contribution in [2.75, 3.05) is 23.4 Å². The van der Waals surface area contributed by atoms with Crippen LogP contribution in [0.2, 0.25) is 0 Å². The van der Waals surface area contributed by atoms with Crippen LogP contribution in [0.4, 0.5) is 5.69 Å². The Balaban J connectivity index is 1.30. The highest BCUT2D eigenvalue weighted by Gasteiger charge is 2.34. The van der Waals surface area contributed by atoms with Gasteiger partial charge in [-0.2, -0.15) is 11.8 Å². The van der Waals surface area contributed by atoms with Crippen molar-refractivity contribution in [3.8, 4) is 0 Å². The molecule has 3 amide bonds.